The molecule has 3 N–H and O–H groups in total. The summed E-state index contributed by atoms with van der Waals surface area (Å²) in [5.74, 6) is 0.748. The van der Waals surface area contributed by atoms with E-state index in [4.69, 9.17) is 10.5 Å². The second-order valence-electron chi connectivity index (χ2n) is 5.22. The van der Waals surface area contributed by atoms with Crippen LogP contribution in [0.1, 0.15) is 25.8 Å². The molecule has 0 saturated heterocycles. The van der Waals surface area contributed by atoms with E-state index >= 15 is 0 Å². The molecule has 2 aromatic carbocycles. The van der Waals surface area contributed by atoms with Crippen LogP contribution in [-0.2, 0) is 6.42 Å². The van der Waals surface area contributed by atoms with Gasteiger partial charge in [0.2, 0.25) is 0 Å². The Morgan fingerprint density at radius 1 is 1.10 bits per heavy atom. The Bertz CT molecular complexity index is 554. The standard InChI is InChI=1S/C18H24N2O/c1-3-21-17-11-7-10-16(18(17)19)20-14(2)12-13-15-8-5-4-6-9-15/h4-11,14,20H,3,12-13,19H2,1-2H3. The van der Waals surface area contributed by atoms with Gasteiger partial charge in [-0.15, -0.1) is 0 Å². The van der Waals surface area contributed by atoms with E-state index < -0.39 is 0 Å². The first-order valence-electron chi connectivity index (χ1n) is 7.52. The normalized spacial score (nSPS) is 11.9. The predicted molar refractivity (Wildman–Crippen MR) is 89.9 cm³/mol. The van der Waals surface area contributed by atoms with Crippen molar-refractivity contribution < 1.29 is 4.74 Å². The monoisotopic (exact) mass is 284 g/mol. The Balaban J connectivity index is 1.93. The van der Waals surface area contributed by atoms with Gasteiger partial charge in [-0.1, -0.05) is 36.4 Å². The fourth-order valence-electron chi connectivity index (χ4n) is 2.32. The van der Waals surface area contributed by atoms with Gasteiger partial charge < -0.3 is 15.8 Å². The Morgan fingerprint density at radius 3 is 2.57 bits per heavy atom. The molecular weight excluding hydrogens is 260 g/mol. The molecular formula is C18H24N2O. The zero-order chi connectivity index (χ0) is 15.1. The molecule has 112 valence electrons. The van der Waals surface area contributed by atoms with Crippen molar-refractivity contribution in [1.29, 1.82) is 0 Å². The summed E-state index contributed by atoms with van der Waals surface area (Å²) in [6.07, 6.45) is 2.11. The number of anilines is 2. The van der Waals surface area contributed by atoms with Crippen LogP contribution in [0.2, 0.25) is 0 Å². The molecule has 0 radical (unpaired) electrons. The van der Waals surface area contributed by atoms with Crippen LogP contribution in [0, 0.1) is 0 Å². The van der Waals surface area contributed by atoms with E-state index in [1.807, 2.05) is 31.2 Å². The average Bonchev–Trinajstić information content (AvgIpc) is 2.50. The lowest BCUT2D eigenvalue weighted by Crippen LogP contribution is -2.17. The Kier molecular flexibility index (Phi) is 5.50. The van der Waals surface area contributed by atoms with Gasteiger partial charge in [0.1, 0.15) is 5.75 Å². The van der Waals surface area contributed by atoms with Crippen LogP contribution in [0.3, 0.4) is 0 Å². The van der Waals surface area contributed by atoms with Gasteiger partial charge in [-0.05, 0) is 44.4 Å². The fourth-order valence-corrected chi connectivity index (χ4v) is 2.32. The zero-order valence-electron chi connectivity index (χ0n) is 12.8. The van der Waals surface area contributed by atoms with Crippen molar-refractivity contribution in [2.45, 2.75) is 32.7 Å². The minimum atomic E-state index is 0.351. The van der Waals surface area contributed by atoms with E-state index in [2.05, 4.69) is 36.5 Å². The summed E-state index contributed by atoms with van der Waals surface area (Å²) in [7, 11) is 0. The van der Waals surface area contributed by atoms with Crippen LogP contribution >= 0.6 is 0 Å². The highest BCUT2D eigenvalue weighted by molar-refractivity contribution is 5.73. The van der Waals surface area contributed by atoms with Crippen LogP contribution in [0.5, 0.6) is 5.75 Å². The molecule has 0 spiro atoms. The van der Waals surface area contributed by atoms with E-state index in [1.54, 1.807) is 0 Å². The molecule has 2 aromatic rings. The number of aryl methyl sites for hydroxylation is 1. The number of para-hydroxylation sites is 1. The van der Waals surface area contributed by atoms with Crippen LogP contribution in [-0.4, -0.2) is 12.6 Å². The van der Waals surface area contributed by atoms with Crippen molar-refractivity contribution in [3.63, 3.8) is 0 Å². The van der Waals surface area contributed by atoms with Crippen molar-refractivity contribution in [3.8, 4) is 5.75 Å². The molecule has 0 bridgehead atoms. The SMILES string of the molecule is CCOc1cccc(NC(C)CCc2ccccc2)c1N. The van der Waals surface area contributed by atoms with E-state index in [0.29, 0.717) is 18.3 Å². The van der Waals surface area contributed by atoms with Crippen LogP contribution in [0.4, 0.5) is 11.4 Å². The molecule has 1 atom stereocenters. The number of nitrogens with one attached hydrogen (secondary N) is 1. The van der Waals surface area contributed by atoms with Crippen LogP contribution in [0.25, 0.3) is 0 Å². The van der Waals surface area contributed by atoms with Gasteiger partial charge in [-0.3, -0.25) is 0 Å². The summed E-state index contributed by atoms with van der Waals surface area (Å²) < 4.78 is 5.52. The first-order valence-corrected chi connectivity index (χ1v) is 7.52. The molecule has 0 aromatic heterocycles. The van der Waals surface area contributed by atoms with Crippen LogP contribution < -0.4 is 15.8 Å². The molecule has 3 nitrogen and oxygen atoms in total. The number of nitrogens with two attached hydrogens (primary N) is 1. The number of benzene rings is 2. The number of hydrogen-bond donors (Lipinski definition) is 2. The zero-order valence-corrected chi connectivity index (χ0v) is 12.8. The minimum Gasteiger partial charge on any atom is -0.492 e. The highest BCUT2D eigenvalue weighted by Crippen LogP contribution is 2.30. The minimum absolute atomic E-state index is 0.351. The average molecular weight is 284 g/mol. The van der Waals surface area contributed by atoms with Crippen molar-refractivity contribution in [1.82, 2.24) is 0 Å². The van der Waals surface area contributed by atoms with Crippen molar-refractivity contribution in [2.24, 2.45) is 0 Å². The third-order valence-electron chi connectivity index (χ3n) is 3.48. The van der Waals surface area contributed by atoms with Gasteiger partial charge in [0, 0.05) is 6.04 Å². The molecule has 0 aliphatic rings. The summed E-state index contributed by atoms with van der Waals surface area (Å²) in [4.78, 5) is 0. The second-order valence-corrected chi connectivity index (χ2v) is 5.22. The number of nitrogen functional groups attached to an aromatic ring is 1. The number of hydrogen-bond acceptors (Lipinski definition) is 3. The maximum absolute atomic E-state index is 6.14. The summed E-state index contributed by atoms with van der Waals surface area (Å²) in [5.41, 5.74) is 9.13. The summed E-state index contributed by atoms with van der Waals surface area (Å²) in [6, 6.07) is 16.7. The lowest BCUT2D eigenvalue weighted by Gasteiger charge is -2.18. The molecule has 1 unspecified atom stereocenters. The third-order valence-corrected chi connectivity index (χ3v) is 3.48. The number of rotatable bonds is 7. The van der Waals surface area contributed by atoms with Crippen molar-refractivity contribution >= 4 is 11.4 Å². The molecule has 2 rings (SSSR count). The summed E-state index contributed by atoms with van der Waals surface area (Å²) in [6.45, 7) is 4.76. The maximum atomic E-state index is 6.14. The molecule has 0 aliphatic carbocycles. The highest BCUT2D eigenvalue weighted by atomic mass is 16.5. The maximum Gasteiger partial charge on any atom is 0.144 e. The molecule has 0 fully saturated rings. The van der Waals surface area contributed by atoms with Gasteiger partial charge in [0.15, 0.2) is 0 Å². The number of ether oxygens (including phenoxy) is 1. The molecule has 21 heavy (non-hydrogen) atoms. The Morgan fingerprint density at radius 2 is 1.86 bits per heavy atom. The van der Waals surface area contributed by atoms with Gasteiger partial charge in [0.05, 0.1) is 18.0 Å². The predicted octanol–water partition coefficient (Wildman–Crippen LogP) is 4.10. The topological polar surface area (TPSA) is 47.3 Å². The van der Waals surface area contributed by atoms with Crippen molar-refractivity contribution in [2.75, 3.05) is 17.7 Å². The van der Waals surface area contributed by atoms with E-state index in [-0.39, 0.29) is 0 Å². The van der Waals surface area contributed by atoms with Crippen molar-refractivity contribution in [3.05, 3.63) is 54.1 Å². The summed E-state index contributed by atoms with van der Waals surface area (Å²) in [5, 5.41) is 3.47. The largest absolute Gasteiger partial charge is 0.492 e. The highest BCUT2D eigenvalue weighted by Gasteiger charge is 2.08. The Labute approximate surface area is 127 Å². The fraction of sp³-hybridized carbons (Fsp3) is 0.333. The second kappa shape index (κ2) is 7.58. The third kappa shape index (κ3) is 4.42. The quantitative estimate of drug-likeness (QED) is 0.752. The first-order chi connectivity index (χ1) is 10.2. The lowest BCUT2D eigenvalue weighted by molar-refractivity contribution is 0.342. The van der Waals surface area contributed by atoms with E-state index in [0.717, 1.165) is 24.3 Å². The Hall–Kier alpha value is -2.16. The molecule has 0 saturated carbocycles. The summed E-state index contributed by atoms with van der Waals surface area (Å²) >= 11 is 0. The van der Waals surface area contributed by atoms with Gasteiger partial charge in [0.25, 0.3) is 0 Å². The smallest absolute Gasteiger partial charge is 0.144 e. The van der Waals surface area contributed by atoms with Gasteiger partial charge in [-0.2, -0.15) is 0 Å². The molecule has 0 heterocycles. The molecule has 3 heteroatoms. The van der Waals surface area contributed by atoms with Gasteiger partial charge >= 0.3 is 0 Å². The lowest BCUT2D eigenvalue weighted by atomic mass is 10.1. The van der Waals surface area contributed by atoms with Gasteiger partial charge in [-0.25, -0.2) is 0 Å². The van der Waals surface area contributed by atoms with Crippen LogP contribution in [0.15, 0.2) is 48.5 Å². The van der Waals surface area contributed by atoms with E-state index in [1.165, 1.54) is 5.56 Å². The first kappa shape index (κ1) is 15.2. The molecule has 0 amide bonds. The molecule has 0 aliphatic heterocycles. The van der Waals surface area contributed by atoms with E-state index in [9.17, 15) is 0 Å².